The third-order valence-electron chi connectivity index (χ3n) is 3.65. The summed E-state index contributed by atoms with van der Waals surface area (Å²) in [5.41, 5.74) is 9.13. The average Bonchev–Trinajstić information content (AvgIpc) is 2.71. The standard InChI is InChI=1S/C14H15FN4O/c15-10-3-1-9(2-4-10)13-11-5-7-19(14(16)20)8-6-12(11)17-18-13/h1-4H,5-8H2,(H2,16,20)(H,17,18). The number of rotatable bonds is 1. The average molecular weight is 274 g/mol. The number of hydrogen-bond donors (Lipinski definition) is 2. The molecule has 3 N–H and O–H groups in total. The lowest BCUT2D eigenvalue weighted by molar-refractivity contribution is 0.210. The molecule has 0 radical (unpaired) electrons. The number of benzene rings is 1. The van der Waals surface area contributed by atoms with Gasteiger partial charge < -0.3 is 10.6 Å². The van der Waals surface area contributed by atoms with Crippen molar-refractivity contribution in [1.82, 2.24) is 15.1 Å². The van der Waals surface area contributed by atoms with Crippen molar-refractivity contribution in [2.24, 2.45) is 5.73 Å². The van der Waals surface area contributed by atoms with E-state index in [0.29, 0.717) is 25.9 Å². The van der Waals surface area contributed by atoms with Gasteiger partial charge in [0.25, 0.3) is 0 Å². The number of nitrogens with one attached hydrogen (secondary N) is 1. The summed E-state index contributed by atoms with van der Waals surface area (Å²) in [6, 6.07) is 5.86. The number of amides is 2. The second-order valence-corrected chi connectivity index (χ2v) is 4.86. The van der Waals surface area contributed by atoms with Gasteiger partial charge in [-0.05, 0) is 30.7 Å². The summed E-state index contributed by atoms with van der Waals surface area (Å²) < 4.78 is 13.0. The van der Waals surface area contributed by atoms with Gasteiger partial charge in [-0.25, -0.2) is 9.18 Å². The van der Waals surface area contributed by atoms with Gasteiger partial charge in [-0.3, -0.25) is 5.10 Å². The predicted octanol–water partition coefficient (Wildman–Crippen LogP) is 1.70. The lowest BCUT2D eigenvalue weighted by atomic mass is 10.0. The molecule has 2 aromatic rings. The SMILES string of the molecule is NC(=O)N1CCc2[nH]nc(-c3ccc(F)cc3)c2CC1. The third-order valence-corrected chi connectivity index (χ3v) is 3.65. The summed E-state index contributed by atoms with van der Waals surface area (Å²) in [6.45, 7) is 1.17. The highest BCUT2D eigenvalue weighted by Crippen LogP contribution is 2.26. The van der Waals surface area contributed by atoms with E-state index in [2.05, 4.69) is 10.2 Å². The molecule has 2 heterocycles. The minimum absolute atomic E-state index is 0.268. The Kier molecular flexibility index (Phi) is 3.14. The molecule has 0 saturated carbocycles. The Morgan fingerprint density at radius 1 is 1.25 bits per heavy atom. The molecule has 1 aromatic carbocycles. The van der Waals surface area contributed by atoms with Crippen molar-refractivity contribution in [1.29, 1.82) is 0 Å². The number of nitrogens with zero attached hydrogens (tertiary/aromatic N) is 2. The van der Waals surface area contributed by atoms with Gasteiger partial charge in [0.15, 0.2) is 0 Å². The number of H-pyrrole nitrogens is 1. The van der Waals surface area contributed by atoms with E-state index < -0.39 is 6.03 Å². The molecule has 0 bridgehead atoms. The molecule has 104 valence electrons. The molecule has 20 heavy (non-hydrogen) atoms. The first kappa shape index (κ1) is 12.7. The number of aromatic amines is 1. The van der Waals surface area contributed by atoms with E-state index in [1.165, 1.54) is 12.1 Å². The van der Waals surface area contributed by atoms with Crippen LogP contribution in [0, 0.1) is 5.82 Å². The zero-order valence-corrected chi connectivity index (χ0v) is 10.9. The highest BCUT2D eigenvalue weighted by Gasteiger charge is 2.21. The molecular weight excluding hydrogens is 259 g/mol. The topological polar surface area (TPSA) is 75.0 Å². The van der Waals surface area contributed by atoms with E-state index in [0.717, 1.165) is 22.5 Å². The molecule has 1 aromatic heterocycles. The van der Waals surface area contributed by atoms with E-state index >= 15 is 0 Å². The molecule has 3 rings (SSSR count). The van der Waals surface area contributed by atoms with Gasteiger partial charge in [0, 0.05) is 36.3 Å². The maximum Gasteiger partial charge on any atom is 0.314 e. The minimum Gasteiger partial charge on any atom is -0.351 e. The van der Waals surface area contributed by atoms with Crippen LogP contribution in [0.15, 0.2) is 24.3 Å². The van der Waals surface area contributed by atoms with Gasteiger partial charge in [-0.15, -0.1) is 0 Å². The number of carbonyl (C=O) groups excluding carboxylic acids is 1. The molecule has 0 saturated heterocycles. The van der Waals surface area contributed by atoms with Crippen LogP contribution in [0.3, 0.4) is 0 Å². The maximum atomic E-state index is 13.0. The van der Waals surface area contributed by atoms with Crippen LogP contribution in [0.1, 0.15) is 11.3 Å². The van der Waals surface area contributed by atoms with E-state index in [9.17, 15) is 9.18 Å². The van der Waals surface area contributed by atoms with Gasteiger partial charge in [0.2, 0.25) is 0 Å². The van der Waals surface area contributed by atoms with Crippen LogP contribution in [0.4, 0.5) is 9.18 Å². The summed E-state index contributed by atoms with van der Waals surface area (Å²) in [5, 5.41) is 7.34. The molecule has 6 heteroatoms. The molecule has 0 spiro atoms. The Balaban J connectivity index is 1.92. The normalized spacial score (nSPS) is 14.8. The molecule has 0 atom stereocenters. The second-order valence-electron chi connectivity index (χ2n) is 4.86. The van der Waals surface area contributed by atoms with E-state index in [-0.39, 0.29) is 5.82 Å². The Labute approximate surface area is 115 Å². The number of halogens is 1. The lowest BCUT2D eigenvalue weighted by Crippen LogP contribution is -2.37. The van der Waals surface area contributed by atoms with Gasteiger partial charge in [0.1, 0.15) is 5.82 Å². The van der Waals surface area contributed by atoms with Gasteiger partial charge in [-0.2, -0.15) is 5.10 Å². The number of aromatic nitrogens is 2. The van der Waals surface area contributed by atoms with Crippen LogP contribution < -0.4 is 5.73 Å². The van der Waals surface area contributed by atoms with Gasteiger partial charge >= 0.3 is 6.03 Å². The van der Waals surface area contributed by atoms with Crippen molar-refractivity contribution < 1.29 is 9.18 Å². The smallest absolute Gasteiger partial charge is 0.314 e. The molecule has 2 amide bonds. The zero-order valence-electron chi connectivity index (χ0n) is 10.9. The third kappa shape index (κ3) is 2.24. The Hall–Kier alpha value is -2.37. The number of hydrogen-bond acceptors (Lipinski definition) is 2. The molecule has 0 fully saturated rings. The molecule has 1 aliphatic rings. The summed E-state index contributed by atoms with van der Waals surface area (Å²) in [4.78, 5) is 12.9. The number of urea groups is 1. The Bertz CT molecular complexity index is 635. The fourth-order valence-electron chi connectivity index (χ4n) is 2.55. The largest absolute Gasteiger partial charge is 0.351 e. The van der Waals surface area contributed by atoms with Crippen LogP contribution in [-0.2, 0) is 12.8 Å². The van der Waals surface area contributed by atoms with Crippen molar-refractivity contribution >= 4 is 6.03 Å². The quantitative estimate of drug-likeness (QED) is 0.830. The van der Waals surface area contributed by atoms with Crippen molar-refractivity contribution in [3.05, 3.63) is 41.3 Å². The summed E-state index contributed by atoms with van der Waals surface area (Å²) in [7, 11) is 0. The molecule has 0 aliphatic carbocycles. The highest BCUT2D eigenvalue weighted by atomic mass is 19.1. The fourth-order valence-corrected chi connectivity index (χ4v) is 2.55. The van der Waals surface area contributed by atoms with E-state index in [1.54, 1.807) is 17.0 Å². The summed E-state index contributed by atoms with van der Waals surface area (Å²) >= 11 is 0. The Morgan fingerprint density at radius 3 is 2.65 bits per heavy atom. The second kappa shape index (κ2) is 4.96. The monoisotopic (exact) mass is 274 g/mol. The predicted molar refractivity (Wildman–Crippen MR) is 72.5 cm³/mol. The first-order chi connectivity index (χ1) is 9.65. The fraction of sp³-hybridized carbons (Fsp3) is 0.286. The maximum absolute atomic E-state index is 13.0. The van der Waals surface area contributed by atoms with Crippen LogP contribution >= 0.6 is 0 Å². The minimum atomic E-state index is -0.397. The highest BCUT2D eigenvalue weighted by molar-refractivity contribution is 5.72. The van der Waals surface area contributed by atoms with Crippen molar-refractivity contribution in [3.63, 3.8) is 0 Å². The summed E-state index contributed by atoms with van der Waals surface area (Å²) in [6.07, 6.45) is 1.40. The number of nitrogens with two attached hydrogens (primary N) is 1. The van der Waals surface area contributed by atoms with E-state index in [1.807, 2.05) is 0 Å². The van der Waals surface area contributed by atoms with Crippen LogP contribution in [0.2, 0.25) is 0 Å². The van der Waals surface area contributed by atoms with E-state index in [4.69, 9.17) is 5.73 Å². The van der Waals surface area contributed by atoms with Gasteiger partial charge in [-0.1, -0.05) is 0 Å². The number of fused-ring (bicyclic) bond motifs is 1. The molecular formula is C14H15FN4O. The van der Waals surface area contributed by atoms with Crippen molar-refractivity contribution in [2.45, 2.75) is 12.8 Å². The van der Waals surface area contributed by atoms with Crippen LogP contribution in [0.5, 0.6) is 0 Å². The molecule has 5 nitrogen and oxygen atoms in total. The number of primary amides is 1. The van der Waals surface area contributed by atoms with Gasteiger partial charge in [0.05, 0.1) is 5.69 Å². The first-order valence-corrected chi connectivity index (χ1v) is 6.51. The number of carbonyl (C=O) groups is 1. The zero-order chi connectivity index (χ0) is 14.1. The molecule has 0 unspecified atom stereocenters. The lowest BCUT2D eigenvalue weighted by Gasteiger charge is -2.16. The van der Waals surface area contributed by atoms with Crippen LogP contribution in [-0.4, -0.2) is 34.2 Å². The Morgan fingerprint density at radius 2 is 1.95 bits per heavy atom. The van der Waals surface area contributed by atoms with Crippen LogP contribution in [0.25, 0.3) is 11.3 Å². The first-order valence-electron chi connectivity index (χ1n) is 6.51. The summed E-state index contributed by atoms with van der Waals surface area (Å²) in [5.74, 6) is -0.268. The van der Waals surface area contributed by atoms with Crippen molar-refractivity contribution in [3.8, 4) is 11.3 Å². The van der Waals surface area contributed by atoms with Crippen molar-refractivity contribution in [2.75, 3.05) is 13.1 Å². The molecule has 1 aliphatic heterocycles.